The van der Waals surface area contributed by atoms with Gasteiger partial charge in [-0.15, -0.1) is 0 Å². The van der Waals surface area contributed by atoms with Crippen LogP contribution in [0.3, 0.4) is 0 Å². The first-order chi connectivity index (χ1) is 15.5. The SMILES string of the molecule is CCN1C(=O)C(=CC=CC=Cc2c(C)c(C(N)=O)c(O)n(CC)c2=O)C(C)=C(C(N)=O)C1=O. The van der Waals surface area contributed by atoms with Gasteiger partial charge in [0.2, 0.25) is 5.88 Å². The van der Waals surface area contributed by atoms with Gasteiger partial charge in [0.15, 0.2) is 0 Å². The highest BCUT2D eigenvalue weighted by molar-refractivity contribution is 6.27. The molecule has 0 bridgehead atoms. The van der Waals surface area contributed by atoms with Crippen LogP contribution in [0.2, 0.25) is 0 Å². The van der Waals surface area contributed by atoms with Gasteiger partial charge < -0.3 is 16.6 Å². The molecular formula is C23H26N4O6. The van der Waals surface area contributed by atoms with E-state index in [0.29, 0.717) is 0 Å². The van der Waals surface area contributed by atoms with E-state index < -0.39 is 35.1 Å². The molecule has 10 heteroatoms. The van der Waals surface area contributed by atoms with Crippen molar-refractivity contribution in [3.8, 4) is 5.88 Å². The lowest BCUT2D eigenvalue weighted by molar-refractivity contribution is -0.141. The molecule has 4 amide bonds. The number of likely N-dealkylation sites (N-methyl/N-ethyl adjacent to an activating group) is 1. The second-order valence-corrected chi connectivity index (χ2v) is 7.19. The van der Waals surface area contributed by atoms with Gasteiger partial charge in [0.1, 0.15) is 11.1 Å². The summed E-state index contributed by atoms with van der Waals surface area (Å²) in [7, 11) is 0. The minimum absolute atomic E-state index is 0.0781. The minimum atomic E-state index is -0.918. The normalized spacial score (nSPS) is 16.0. The van der Waals surface area contributed by atoms with Crippen LogP contribution in [0.25, 0.3) is 6.08 Å². The molecule has 2 heterocycles. The maximum atomic E-state index is 12.6. The van der Waals surface area contributed by atoms with Crippen LogP contribution in [0, 0.1) is 6.92 Å². The molecule has 0 atom stereocenters. The summed E-state index contributed by atoms with van der Waals surface area (Å²) < 4.78 is 1.04. The van der Waals surface area contributed by atoms with Crippen LogP contribution in [0.1, 0.15) is 42.3 Å². The Kier molecular flexibility index (Phi) is 7.55. The number of aromatic nitrogens is 1. The molecule has 0 radical (unpaired) electrons. The Morgan fingerprint density at radius 1 is 0.939 bits per heavy atom. The number of primary amides is 2. The number of carbonyl (C=O) groups excluding carboxylic acids is 4. The molecule has 1 aliphatic rings. The molecule has 0 saturated heterocycles. The topological polar surface area (TPSA) is 166 Å². The molecule has 0 saturated carbocycles. The van der Waals surface area contributed by atoms with E-state index in [-0.39, 0.29) is 46.5 Å². The van der Waals surface area contributed by atoms with Gasteiger partial charge in [0.05, 0.1) is 0 Å². The molecule has 1 aromatic rings. The van der Waals surface area contributed by atoms with E-state index in [0.717, 1.165) is 9.47 Å². The highest BCUT2D eigenvalue weighted by atomic mass is 16.3. The third kappa shape index (κ3) is 4.54. The van der Waals surface area contributed by atoms with Crippen LogP contribution in [0.15, 0.2) is 45.8 Å². The molecule has 10 nitrogen and oxygen atoms in total. The van der Waals surface area contributed by atoms with Crippen LogP contribution >= 0.6 is 0 Å². The summed E-state index contributed by atoms with van der Waals surface area (Å²) in [5.41, 5.74) is 10.5. The maximum Gasteiger partial charge on any atom is 0.266 e. The second-order valence-electron chi connectivity index (χ2n) is 7.19. The van der Waals surface area contributed by atoms with E-state index in [1.165, 1.54) is 44.2 Å². The zero-order valence-electron chi connectivity index (χ0n) is 18.8. The Morgan fingerprint density at radius 2 is 1.58 bits per heavy atom. The number of nitrogens with two attached hydrogens (primary N) is 2. The fourth-order valence-corrected chi connectivity index (χ4v) is 3.59. The van der Waals surface area contributed by atoms with Crippen LogP contribution in [-0.4, -0.2) is 44.7 Å². The zero-order valence-corrected chi connectivity index (χ0v) is 18.8. The molecule has 0 aliphatic carbocycles. The number of rotatable bonds is 7. The van der Waals surface area contributed by atoms with Crippen LogP contribution < -0.4 is 17.0 Å². The summed E-state index contributed by atoms with van der Waals surface area (Å²) in [5, 5.41) is 10.2. The van der Waals surface area contributed by atoms with Crippen molar-refractivity contribution in [1.29, 1.82) is 0 Å². The summed E-state index contributed by atoms with van der Waals surface area (Å²) in [6.07, 6.45) is 7.41. The fourth-order valence-electron chi connectivity index (χ4n) is 3.59. The van der Waals surface area contributed by atoms with Gasteiger partial charge in [-0.2, -0.15) is 0 Å². The highest BCUT2D eigenvalue weighted by Gasteiger charge is 2.36. The first kappa shape index (κ1) is 25.1. The lowest BCUT2D eigenvalue weighted by Gasteiger charge is -2.27. The van der Waals surface area contributed by atoms with Crippen molar-refractivity contribution in [1.82, 2.24) is 9.47 Å². The Morgan fingerprint density at radius 3 is 2.09 bits per heavy atom. The summed E-state index contributed by atoms with van der Waals surface area (Å²) >= 11 is 0. The number of pyridine rings is 1. The number of hydrogen-bond acceptors (Lipinski definition) is 6. The van der Waals surface area contributed by atoms with Crippen LogP contribution in [-0.2, 0) is 20.9 Å². The maximum absolute atomic E-state index is 12.6. The standard InChI is InChI=1S/C23H26N4O6/c1-5-26-20(30)14(12(3)16(18(24)28)22(26)32)10-8-7-9-11-15-13(4)17(19(25)29)23(33)27(6-2)21(15)31/h7-11,32H,5-6H2,1-4H3,(H2,24,28)(H2,25,29). The number of allylic oxidation sites excluding steroid dienone is 4. The summed E-state index contributed by atoms with van der Waals surface area (Å²) in [6, 6.07) is 0. The van der Waals surface area contributed by atoms with Gasteiger partial charge in [-0.1, -0.05) is 18.2 Å². The van der Waals surface area contributed by atoms with Crippen molar-refractivity contribution in [3.63, 3.8) is 0 Å². The number of aromatic hydroxyl groups is 1. The molecule has 1 aromatic heterocycles. The third-order valence-electron chi connectivity index (χ3n) is 5.32. The number of carbonyl (C=O) groups is 4. The molecule has 5 N–H and O–H groups in total. The lowest BCUT2D eigenvalue weighted by atomic mass is 9.94. The summed E-state index contributed by atoms with van der Waals surface area (Å²) in [6.45, 7) is 6.43. The van der Waals surface area contributed by atoms with Crippen molar-refractivity contribution < 1.29 is 24.3 Å². The van der Waals surface area contributed by atoms with E-state index in [9.17, 15) is 29.1 Å². The van der Waals surface area contributed by atoms with E-state index in [2.05, 4.69) is 0 Å². The lowest BCUT2D eigenvalue weighted by Crippen LogP contribution is -2.45. The largest absolute Gasteiger partial charge is 0.494 e. The second kappa shape index (κ2) is 9.94. The Hall–Kier alpha value is -4.21. The van der Waals surface area contributed by atoms with Crippen molar-refractivity contribution >= 4 is 29.7 Å². The van der Waals surface area contributed by atoms with Gasteiger partial charge in [-0.3, -0.25) is 33.4 Å². The Bertz CT molecular complexity index is 1230. The molecular weight excluding hydrogens is 428 g/mol. The number of nitrogens with zero attached hydrogens (tertiary/aromatic N) is 2. The first-order valence-electron chi connectivity index (χ1n) is 10.2. The molecule has 0 aromatic carbocycles. The van der Waals surface area contributed by atoms with Gasteiger partial charge in [-0.25, -0.2) is 0 Å². The molecule has 0 spiro atoms. The molecule has 0 fully saturated rings. The van der Waals surface area contributed by atoms with E-state index in [1.807, 2.05) is 0 Å². The predicted molar refractivity (Wildman–Crippen MR) is 122 cm³/mol. The highest BCUT2D eigenvalue weighted by Crippen LogP contribution is 2.25. The average Bonchev–Trinajstić information content (AvgIpc) is 2.72. The Labute approximate surface area is 190 Å². The molecule has 2 rings (SSSR count). The molecule has 0 unspecified atom stereocenters. The number of amides is 4. The van der Waals surface area contributed by atoms with Gasteiger partial charge in [0.25, 0.3) is 29.2 Å². The van der Waals surface area contributed by atoms with Crippen LogP contribution in [0.4, 0.5) is 0 Å². The van der Waals surface area contributed by atoms with E-state index in [4.69, 9.17) is 11.5 Å². The smallest absolute Gasteiger partial charge is 0.266 e. The minimum Gasteiger partial charge on any atom is -0.494 e. The predicted octanol–water partition coefficient (Wildman–Crippen LogP) is 0.667. The number of hydrogen-bond donors (Lipinski definition) is 3. The van der Waals surface area contributed by atoms with Crippen molar-refractivity contribution in [2.75, 3.05) is 6.54 Å². The monoisotopic (exact) mass is 454 g/mol. The van der Waals surface area contributed by atoms with Crippen molar-refractivity contribution in [2.24, 2.45) is 11.5 Å². The molecule has 33 heavy (non-hydrogen) atoms. The molecule has 174 valence electrons. The first-order valence-corrected chi connectivity index (χ1v) is 10.2. The summed E-state index contributed by atoms with van der Waals surface area (Å²) in [5.74, 6) is -3.54. The van der Waals surface area contributed by atoms with E-state index in [1.54, 1.807) is 13.8 Å². The van der Waals surface area contributed by atoms with Gasteiger partial charge in [-0.05, 0) is 51.0 Å². The fraction of sp³-hybridized carbons (Fsp3) is 0.261. The molecule has 1 aliphatic heterocycles. The number of imide groups is 1. The van der Waals surface area contributed by atoms with Gasteiger partial charge in [0, 0.05) is 24.2 Å². The van der Waals surface area contributed by atoms with Gasteiger partial charge >= 0.3 is 0 Å². The third-order valence-corrected chi connectivity index (χ3v) is 5.32. The average molecular weight is 454 g/mol. The van der Waals surface area contributed by atoms with Crippen molar-refractivity contribution in [2.45, 2.75) is 34.2 Å². The quantitative estimate of drug-likeness (QED) is 0.237. The summed E-state index contributed by atoms with van der Waals surface area (Å²) in [4.78, 5) is 62.0. The zero-order chi connectivity index (χ0) is 25.0. The van der Waals surface area contributed by atoms with Crippen molar-refractivity contribution in [3.05, 3.63) is 68.1 Å². The van der Waals surface area contributed by atoms with E-state index >= 15 is 0 Å². The Balaban J connectivity index is 2.48. The van der Waals surface area contributed by atoms with Crippen LogP contribution in [0.5, 0.6) is 5.88 Å².